The number of unbranched alkanes of at least 4 members (excludes halogenated alkanes) is 1. The first kappa shape index (κ1) is 16.7. The van der Waals surface area contributed by atoms with Crippen LogP contribution >= 0.6 is 11.6 Å². The number of nitrogens with zero attached hydrogens (tertiary/aromatic N) is 2. The van der Waals surface area contributed by atoms with Gasteiger partial charge in [0.2, 0.25) is 0 Å². The number of aromatic nitrogens is 2. The summed E-state index contributed by atoms with van der Waals surface area (Å²) in [7, 11) is 0.687. The van der Waals surface area contributed by atoms with E-state index in [-0.39, 0.29) is 11.1 Å². The molecule has 5 heteroatoms. The molecule has 0 unspecified atom stereocenters. The van der Waals surface area contributed by atoms with E-state index in [2.05, 4.69) is 51.1 Å². The Morgan fingerprint density at radius 3 is 2.26 bits per heavy atom. The summed E-state index contributed by atoms with van der Waals surface area (Å²) >= 11 is 6.40. The first-order valence-electron chi connectivity index (χ1n) is 6.98. The van der Waals surface area contributed by atoms with Gasteiger partial charge in [0.05, 0.1) is 5.69 Å². The fraction of sp³-hybridized carbons (Fsp3) is 0.786. The predicted octanol–water partition coefficient (Wildman–Crippen LogP) is 3.17. The molecule has 0 fully saturated rings. The van der Waals surface area contributed by atoms with Gasteiger partial charge in [-0.1, -0.05) is 45.7 Å². The molecule has 1 aromatic heterocycles. The first-order valence-corrected chi connectivity index (χ1v) is 8.17. The van der Waals surface area contributed by atoms with Crippen molar-refractivity contribution in [2.75, 3.05) is 0 Å². The Labute approximate surface area is 125 Å². The molecule has 0 radical (unpaired) electrons. The van der Waals surface area contributed by atoms with Gasteiger partial charge in [0.15, 0.2) is 5.15 Å². The van der Waals surface area contributed by atoms with Gasteiger partial charge in [0, 0.05) is 11.8 Å². The third-order valence-electron chi connectivity index (χ3n) is 3.41. The Kier molecular flexibility index (Phi) is 5.26. The van der Waals surface area contributed by atoms with Gasteiger partial charge in [-0.05, 0) is 20.3 Å². The minimum absolute atomic E-state index is 0.0497. The maximum atomic E-state index is 6.40. The predicted molar refractivity (Wildman–Crippen MR) is 84.9 cm³/mol. The summed E-state index contributed by atoms with van der Waals surface area (Å²) in [6.45, 7) is 12.9. The highest BCUT2D eigenvalue weighted by Gasteiger charge is 2.33. The molecule has 0 spiro atoms. The Bertz CT molecular complexity index is 435. The Balaban J connectivity index is 3.43. The molecule has 1 heterocycles. The molecule has 0 saturated carbocycles. The van der Waals surface area contributed by atoms with E-state index in [9.17, 15) is 0 Å². The summed E-state index contributed by atoms with van der Waals surface area (Å²) in [4.78, 5) is 4.59. The molecular formula is C14H27ClN2OSi. The number of rotatable bonds is 5. The Hall–Kier alpha value is -0.323. The van der Waals surface area contributed by atoms with Crippen LogP contribution in [0.4, 0.5) is 0 Å². The van der Waals surface area contributed by atoms with Crippen molar-refractivity contribution < 1.29 is 4.43 Å². The number of halogens is 1. The second kappa shape index (κ2) is 5.98. The maximum Gasteiger partial charge on any atom is 0.151 e. The zero-order valence-corrected chi connectivity index (χ0v) is 16.1. The van der Waals surface area contributed by atoms with Gasteiger partial charge in [-0.15, -0.1) is 0 Å². The molecule has 0 aliphatic carbocycles. The molecule has 0 aliphatic heterocycles. The smallest absolute Gasteiger partial charge is 0.151 e. The molecule has 0 atom stereocenters. The molecule has 0 saturated heterocycles. The lowest BCUT2D eigenvalue weighted by molar-refractivity contribution is 0.0320. The van der Waals surface area contributed by atoms with E-state index in [1.165, 1.54) is 0 Å². The number of imidazole rings is 1. The van der Waals surface area contributed by atoms with E-state index in [1.54, 1.807) is 0 Å². The van der Waals surface area contributed by atoms with Crippen LogP contribution in [0.3, 0.4) is 0 Å². The molecular weight excluding hydrogens is 276 g/mol. The van der Waals surface area contributed by atoms with Gasteiger partial charge in [0.25, 0.3) is 0 Å². The number of aryl methyl sites for hydroxylation is 1. The van der Waals surface area contributed by atoms with Crippen LogP contribution in [-0.4, -0.2) is 20.0 Å². The lowest BCUT2D eigenvalue weighted by atomic mass is 9.92. The van der Waals surface area contributed by atoms with Crippen LogP contribution in [0.2, 0.25) is 5.15 Å². The normalized spacial score (nSPS) is 13.2. The zero-order valence-electron chi connectivity index (χ0n) is 13.3. The average molecular weight is 303 g/mol. The molecule has 0 amide bonds. The molecule has 110 valence electrons. The molecule has 0 N–H and O–H groups in total. The third-order valence-corrected chi connectivity index (χ3v) is 4.67. The van der Waals surface area contributed by atoms with Crippen molar-refractivity contribution in [3.05, 3.63) is 16.7 Å². The molecule has 3 nitrogen and oxygen atoms in total. The standard InChI is InChI=1S/C14H27ClN2OSi/c1-7-8-9-10-16-12(15)11(13(2,3)4)17(10)14(5,6)18-19/h7-9H2,1-6,19H3. The summed E-state index contributed by atoms with van der Waals surface area (Å²) in [6, 6.07) is 0. The van der Waals surface area contributed by atoms with Crippen molar-refractivity contribution in [1.29, 1.82) is 0 Å². The summed E-state index contributed by atoms with van der Waals surface area (Å²) in [5.74, 6) is 1.04. The van der Waals surface area contributed by atoms with Crippen molar-refractivity contribution in [2.24, 2.45) is 0 Å². The lowest BCUT2D eigenvalue weighted by Gasteiger charge is -2.33. The van der Waals surface area contributed by atoms with Crippen molar-refractivity contribution >= 4 is 22.1 Å². The lowest BCUT2D eigenvalue weighted by Crippen LogP contribution is -2.35. The van der Waals surface area contributed by atoms with Gasteiger partial charge in [-0.2, -0.15) is 0 Å². The maximum absolute atomic E-state index is 6.40. The largest absolute Gasteiger partial charge is 0.406 e. The van der Waals surface area contributed by atoms with E-state index in [0.717, 1.165) is 30.8 Å². The van der Waals surface area contributed by atoms with Crippen LogP contribution in [0.25, 0.3) is 0 Å². The quantitative estimate of drug-likeness (QED) is 0.781. The van der Waals surface area contributed by atoms with Crippen molar-refractivity contribution in [2.45, 2.75) is 71.9 Å². The minimum atomic E-state index is -0.377. The second-order valence-electron chi connectivity index (χ2n) is 6.51. The van der Waals surface area contributed by atoms with Gasteiger partial charge in [-0.3, -0.25) is 0 Å². The van der Waals surface area contributed by atoms with E-state index in [1.807, 2.05) is 0 Å². The van der Waals surface area contributed by atoms with E-state index in [0.29, 0.717) is 15.6 Å². The van der Waals surface area contributed by atoms with E-state index < -0.39 is 0 Å². The van der Waals surface area contributed by atoms with Crippen molar-refractivity contribution in [3.63, 3.8) is 0 Å². The summed E-state index contributed by atoms with van der Waals surface area (Å²) < 4.78 is 8.00. The van der Waals surface area contributed by atoms with Gasteiger partial charge < -0.3 is 8.99 Å². The molecule has 1 rings (SSSR count). The summed E-state index contributed by atoms with van der Waals surface area (Å²) in [6.07, 6.45) is 3.21. The minimum Gasteiger partial charge on any atom is -0.406 e. The van der Waals surface area contributed by atoms with Crippen molar-refractivity contribution in [3.8, 4) is 0 Å². The zero-order chi connectivity index (χ0) is 14.8. The highest BCUT2D eigenvalue weighted by Crippen LogP contribution is 2.35. The summed E-state index contributed by atoms with van der Waals surface area (Å²) in [5.41, 5.74) is 0.644. The van der Waals surface area contributed by atoms with Crippen LogP contribution in [0.1, 0.15) is 65.9 Å². The van der Waals surface area contributed by atoms with Crippen molar-refractivity contribution in [1.82, 2.24) is 9.55 Å². The topological polar surface area (TPSA) is 27.1 Å². The van der Waals surface area contributed by atoms with Crippen LogP contribution in [0, 0.1) is 0 Å². The van der Waals surface area contributed by atoms with Gasteiger partial charge >= 0.3 is 0 Å². The molecule has 19 heavy (non-hydrogen) atoms. The fourth-order valence-electron chi connectivity index (χ4n) is 2.26. The second-order valence-corrected chi connectivity index (χ2v) is 7.27. The molecule has 0 aliphatic rings. The molecule has 1 aromatic rings. The highest BCUT2D eigenvalue weighted by molar-refractivity contribution is 6.30. The van der Waals surface area contributed by atoms with Gasteiger partial charge in [0.1, 0.15) is 22.0 Å². The molecule has 0 aromatic carbocycles. The SMILES string of the molecule is CCCCc1nc(Cl)c(C(C)(C)C)n1C(C)(C)O[SiH3]. The van der Waals surface area contributed by atoms with Crippen LogP contribution in [-0.2, 0) is 22.0 Å². The number of hydrogen-bond donors (Lipinski definition) is 0. The Morgan fingerprint density at radius 1 is 1.26 bits per heavy atom. The number of hydrogen-bond acceptors (Lipinski definition) is 2. The van der Waals surface area contributed by atoms with E-state index in [4.69, 9.17) is 16.0 Å². The highest BCUT2D eigenvalue weighted by atomic mass is 35.5. The summed E-state index contributed by atoms with van der Waals surface area (Å²) in [5, 5.41) is 0.616. The van der Waals surface area contributed by atoms with Crippen LogP contribution in [0.5, 0.6) is 0 Å². The van der Waals surface area contributed by atoms with E-state index >= 15 is 0 Å². The third kappa shape index (κ3) is 3.61. The molecule has 0 bridgehead atoms. The first-order chi connectivity index (χ1) is 8.65. The van der Waals surface area contributed by atoms with Crippen LogP contribution < -0.4 is 0 Å². The van der Waals surface area contributed by atoms with Crippen LogP contribution in [0.15, 0.2) is 0 Å². The average Bonchev–Trinajstić information content (AvgIpc) is 2.63. The monoisotopic (exact) mass is 302 g/mol. The fourth-order valence-corrected chi connectivity index (χ4v) is 2.90. The Morgan fingerprint density at radius 2 is 1.84 bits per heavy atom. The van der Waals surface area contributed by atoms with Gasteiger partial charge in [-0.25, -0.2) is 4.98 Å².